The van der Waals surface area contributed by atoms with Gasteiger partial charge in [0.15, 0.2) is 0 Å². The normalized spacial score (nSPS) is 14.7. The molecule has 1 saturated heterocycles. The molecule has 0 saturated carbocycles. The summed E-state index contributed by atoms with van der Waals surface area (Å²) in [5.41, 5.74) is 0.706. The first-order valence-electron chi connectivity index (χ1n) is 11.1. The van der Waals surface area contributed by atoms with Gasteiger partial charge in [-0.25, -0.2) is 4.68 Å². The number of aliphatic carboxylic acids is 1. The first-order valence-corrected chi connectivity index (χ1v) is 11.1. The third kappa shape index (κ3) is 4.85. The van der Waals surface area contributed by atoms with Crippen molar-refractivity contribution >= 4 is 16.7 Å². The fourth-order valence-electron chi connectivity index (χ4n) is 4.28. The van der Waals surface area contributed by atoms with Crippen LogP contribution in [0.5, 0.6) is 5.75 Å². The maximum atomic E-state index is 13.6. The molecule has 6 nitrogen and oxygen atoms in total. The molecule has 35 heavy (non-hydrogen) atoms. The van der Waals surface area contributed by atoms with Gasteiger partial charge in [0.05, 0.1) is 11.6 Å². The van der Waals surface area contributed by atoms with Crippen molar-refractivity contribution < 1.29 is 27.8 Å². The van der Waals surface area contributed by atoms with Gasteiger partial charge in [0.25, 0.3) is 0 Å². The van der Waals surface area contributed by atoms with E-state index in [-0.39, 0.29) is 18.2 Å². The van der Waals surface area contributed by atoms with E-state index in [1.807, 2.05) is 30.3 Å². The van der Waals surface area contributed by atoms with Crippen molar-refractivity contribution in [2.45, 2.75) is 19.3 Å². The Morgan fingerprint density at radius 2 is 1.80 bits per heavy atom. The Morgan fingerprint density at radius 3 is 2.51 bits per heavy atom. The van der Waals surface area contributed by atoms with E-state index in [2.05, 4.69) is 10.00 Å². The fraction of sp³-hybridized carbons (Fsp3) is 0.231. The second kappa shape index (κ2) is 9.07. The quantitative estimate of drug-likeness (QED) is 0.396. The predicted octanol–water partition coefficient (Wildman–Crippen LogP) is 5.14. The van der Waals surface area contributed by atoms with Crippen LogP contribution in [-0.2, 0) is 24.1 Å². The van der Waals surface area contributed by atoms with E-state index in [1.165, 1.54) is 0 Å². The number of halogens is 3. The minimum atomic E-state index is -4.55. The van der Waals surface area contributed by atoms with E-state index in [4.69, 9.17) is 9.84 Å². The number of likely N-dealkylation sites (tertiary alicyclic amines) is 1. The summed E-state index contributed by atoms with van der Waals surface area (Å²) >= 11 is 0. The van der Waals surface area contributed by atoms with Gasteiger partial charge < -0.3 is 9.84 Å². The smallest absolute Gasteiger partial charge is 0.433 e. The summed E-state index contributed by atoms with van der Waals surface area (Å²) in [7, 11) is 0. The molecule has 3 aromatic carbocycles. The molecule has 1 aromatic heterocycles. The molecule has 1 N–H and O–H groups in total. The van der Waals surface area contributed by atoms with Gasteiger partial charge >= 0.3 is 12.1 Å². The highest BCUT2D eigenvalue weighted by Crippen LogP contribution is 2.32. The van der Waals surface area contributed by atoms with Crippen LogP contribution in [-0.4, -0.2) is 38.8 Å². The molecule has 180 valence electrons. The number of ether oxygens (including phenoxy) is 1. The number of para-hydroxylation sites is 1. The van der Waals surface area contributed by atoms with Gasteiger partial charge in [-0.3, -0.25) is 9.69 Å². The summed E-state index contributed by atoms with van der Waals surface area (Å²) < 4.78 is 47.4. The highest BCUT2D eigenvalue weighted by molar-refractivity contribution is 5.87. The maximum Gasteiger partial charge on any atom is 0.433 e. The first kappa shape index (κ1) is 22.9. The number of nitrogens with zero attached hydrogens (tertiary/aromatic N) is 3. The lowest BCUT2D eigenvalue weighted by atomic mass is 9.97. The van der Waals surface area contributed by atoms with Gasteiger partial charge in [-0.1, -0.05) is 42.5 Å². The molecule has 0 bridgehead atoms. The van der Waals surface area contributed by atoms with Crippen molar-refractivity contribution in [3.63, 3.8) is 0 Å². The predicted molar refractivity (Wildman–Crippen MR) is 123 cm³/mol. The Balaban J connectivity index is 1.32. The molecule has 0 spiro atoms. The van der Waals surface area contributed by atoms with Gasteiger partial charge in [0.1, 0.15) is 23.7 Å². The van der Waals surface area contributed by atoms with E-state index in [0.29, 0.717) is 31.1 Å². The van der Waals surface area contributed by atoms with Crippen molar-refractivity contribution in [1.82, 2.24) is 14.7 Å². The molecule has 1 aliphatic rings. The van der Waals surface area contributed by atoms with Gasteiger partial charge in [-0.2, -0.15) is 18.3 Å². The van der Waals surface area contributed by atoms with Gasteiger partial charge in [-0.05, 0) is 46.7 Å². The second-order valence-corrected chi connectivity index (χ2v) is 8.58. The van der Waals surface area contributed by atoms with Crippen molar-refractivity contribution in [2.24, 2.45) is 5.92 Å². The van der Waals surface area contributed by atoms with E-state index in [0.717, 1.165) is 27.1 Å². The van der Waals surface area contributed by atoms with Crippen molar-refractivity contribution in [2.75, 3.05) is 13.1 Å². The lowest BCUT2D eigenvalue weighted by Gasteiger charge is -2.36. The number of hydrogen-bond acceptors (Lipinski definition) is 4. The highest BCUT2D eigenvalue weighted by atomic mass is 19.4. The molecule has 5 rings (SSSR count). The first-order chi connectivity index (χ1) is 16.8. The van der Waals surface area contributed by atoms with Crippen LogP contribution < -0.4 is 4.74 Å². The molecule has 0 aliphatic carbocycles. The second-order valence-electron chi connectivity index (χ2n) is 8.58. The fourth-order valence-corrected chi connectivity index (χ4v) is 4.28. The monoisotopic (exact) mass is 481 g/mol. The summed E-state index contributed by atoms with van der Waals surface area (Å²) in [6, 6.07) is 20.6. The summed E-state index contributed by atoms with van der Waals surface area (Å²) in [4.78, 5) is 13.1. The Bertz CT molecular complexity index is 1360. The van der Waals surface area contributed by atoms with Crippen LogP contribution in [0.4, 0.5) is 13.2 Å². The molecule has 0 unspecified atom stereocenters. The van der Waals surface area contributed by atoms with E-state index in [9.17, 15) is 18.0 Å². The standard InChI is InChI=1S/C26H22F3N3O3/c27-26(28,29)24-12-20(30-32(24)21-7-2-1-3-8-21)16-35-22-9-10-23-17(11-22)5-4-6-18(23)13-31-14-19(15-31)25(33)34/h1-12,19H,13-16H2,(H,33,34). The van der Waals surface area contributed by atoms with E-state index < -0.39 is 17.8 Å². The molecule has 0 amide bonds. The van der Waals surface area contributed by atoms with Crippen LogP contribution in [0.15, 0.2) is 72.8 Å². The van der Waals surface area contributed by atoms with Crippen molar-refractivity contribution in [1.29, 1.82) is 0 Å². The van der Waals surface area contributed by atoms with Crippen LogP contribution >= 0.6 is 0 Å². The summed E-state index contributed by atoms with van der Waals surface area (Å²) in [5.74, 6) is -0.558. The SMILES string of the molecule is O=C(O)C1CN(Cc2cccc3cc(OCc4cc(C(F)(F)F)n(-c5ccccc5)n4)ccc23)C1. The van der Waals surface area contributed by atoms with Crippen LogP contribution in [0.3, 0.4) is 0 Å². The number of carbonyl (C=O) groups is 1. The average Bonchev–Trinajstić information content (AvgIpc) is 3.25. The molecular formula is C26H22F3N3O3. The summed E-state index contributed by atoms with van der Waals surface area (Å²) in [5, 5.41) is 15.1. The van der Waals surface area contributed by atoms with E-state index >= 15 is 0 Å². The number of carboxylic acid groups (broad SMARTS) is 1. The Kier molecular flexibility index (Phi) is 5.94. The minimum absolute atomic E-state index is 0.113. The van der Waals surface area contributed by atoms with Gasteiger partial charge in [0, 0.05) is 19.6 Å². The number of benzene rings is 3. The Labute approximate surface area is 199 Å². The number of carboxylic acids is 1. The molecule has 1 fully saturated rings. The molecule has 0 atom stereocenters. The number of hydrogen-bond donors (Lipinski definition) is 1. The average molecular weight is 481 g/mol. The third-order valence-corrected chi connectivity index (χ3v) is 6.08. The third-order valence-electron chi connectivity index (χ3n) is 6.08. The number of rotatable bonds is 7. The van der Waals surface area contributed by atoms with Crippen LogP contribution in [0.1, 0.15) is 17.0 Å². The van der Waals surface area contributed by atoms with Crippen LogP contribution in [0.2, 0.25) is 0 Å². The Morgan fingerprint density at radius 1 is 1.03 bits per heavy atom. The molecular weight excluding hydrogens is 459 g/mol. The lowest BCUT2D eigenvalue weighted by molar-refractivity contribution is -0.147. The lowest BCUT2D eigenvalue weighted by Crippen LogP contribution is -2.49. The summed E-state index contributed by atoms with van der Waals surface area (Å²) in [6.07, 6.45) is -4.55. The highest BCUT2D eigenvalue weighted by Gasteiger charge is 2.36. The molecule has 4 aromatic rings. The topological polar surface area (TPSA) is 67.6 Å². The zero-order chi connectivity index (χ0) is 24.6. The zero-order valence-electron chi connectivity index (χ0n) is 18.6. The molecule has 1 aliphatic heterocycles. The Hall–Kier alpha value is -3.85. The van der Waals surface area contributed by atoms with Crippen molar-refractivity contribution in [3.05, 3.63) is 89.7 Å². The largest absolute Gasteiger partial charge is 0.487 e. The number of aromatic nitrogens is 2. The van der Waals surface area contributed by atoms with E-state index in [1.54, 1.807) is 36.4 Å². The van der Waals surface area contributed by atoms with Crippen LogP contribution in [0, 0.1) is 5.92 Å². The molecule has 2 heterocycles. The maximum absolute atomic E-state index is 13.6. The number of alkyl halides is 3. The van der Waals surface area contributed by atoms with Gasteiger partial charge in [-0.15, -0.1) is 0 Å². The van der Waals surface area contributed by atoms with Crippen molar-refractivity contribution in [3.8, 4) is 11.4 Å². The number of fused-ring (bicyclic) bond motifs is 1. The molecule has 9 heteroatoms. The molecule has 0 radical (unpaired) electrons. The van der Waals surface area contributed by atoms with Crippen LogP contribution in [0.25, 0.3) is 16.5 Å². The summed E-state index contributed by atoms with van der Waals surface area (Å²) in [6.45, 7) is 1.60. The van der Waals surface area contributed by atoms with Gasteiger partial charge in [0.2, 0.25) is 0 Å². The zero-order valence-corrected chi connectivity index (χ0v) is 18.6. The minimum Gasteiger partial charge on any atom is -0.487 e.